The zero-order valence-electron chi connectivity index (χ0n) is 21.0. The van der Waals surface area contributed by atoms with Crippen molar-refractivity contribution >= 4 is 69.7 Å². The molecule has 0 bridgehead atoms. The van der Waals surface area contributed by atoms with Crippen LogP contribution in [-0.4, -0.2) is 63.8 Å². The average molecular weight is 625 g/mol. The minimum Gasteiger partial charge on any atom is -0.476 e. The Balaban J connectivity index is 1.44. The number of nitrogens with zero attached hydrogens (tertiary/aromatic N) is 4. The second kappa shape index (κ2) is 23.4. The summed E-state index contributed by atoms with van der Waals surface area (Å²) in [5.74, 6) is 2.14. The molecule has 0 aliphatic heterocycles. The van der Waals surface area contributed by atoms with E-state index in [0.717, 1.165) is 72.8 Å². The van der Waals surface area contributed by atoms with E-state index in [0.29, 0.717) is 13.6 Å². The summed E-state index contributed by atoms with van der Waals surface area (Å²) < 4.78 is 24.6. The molecule has 0 saturated carbocycles. The molecule has 0 radical (unpaired) electrons. The summed E-state index contributed by atoms with van der Waals surface area (Å²) in [5.41, 5.74) is 0. The van der Waals surface area contributed by atoms with E-state index in [4.69, 9.17) is 18.9 Å². The van der Waals surface area contributed by atoms with Crippen LogP contribution in [0.3, 0.4) is 0 Å². The third-order valence-electron chi connectivity index (χ3n) is 4.50. The van der Waals surface area contributed by atoms with Crippen LogP contribution < -0.4 is 0 Å². The van der Waals surface area contributed by atoms with Gasteiger partial charge in [0.2, 0.25) is 0 Å². The second-order valence-electron chi connectivity index (χ2n) is 7.32. The first-order chi connectivity index (χ1) is 18.3. The van der Waals surface area contributed by atoms with E-state index >= 15 is 0 Å². The van der Waals surface area contributed by atoms with Gasteiger partial charge in [-0.05, 0) is 25.7 Å². The lowest BCUT2D eigenvalue weighted by atomic mass is 10.2. The topological polar surface area (TPSA) is 88.5 Å². The predicted molar refractivity (Wildman–Crippen MR) is 159 cm³/mol. The molecule has 0 spiro atoms. The van der Waals surface area contributed by atoms with Gasteiger partial charge in [-0.1, -0.05) is 109 Å². The lowest BCUT2D eigenvalue weighted by Gasteiger charge is -2.03. The molecule has 37 heavy (non-hydrogen) atoms. The maximum Gasteiger partial charge on any atom is 0.188 e. The molecule has 14 heteroatoms. The molecule has 0 aliphatic rings. The smallest absolute Gasteiger partial charge is 0.188 e. The maximum atomic E-state index is 5.32. The number of hydrogen-bond acceptors (Lipinski definition) is 14. The molecule has 0 amide bonds. The van der Waals surface area contributed by atoms with Crippen LogP contribution in [0.2, 0.25) is 0 Å². The molecular formula is C23H36N4O4S6. The van der Waals surface area contributed by atoms with Gasteiger partial charge < -0.3 is 18.9 Å². The van der Waals surface area contributed by atoms with Crippen molar-refractivity contribution in [2.24, 2.45) is 0 Å². The summed E-state index contributed by atoms with van der Waals surface area (Å²) in [6, 6.07) is 0. The molecule has 0 aliphatic carbocycles. The number of hydrogen-bond donors (Lipinski definition) is 0. The molecule has 0 saturated heterocycles. The van der Waals surface area contributed by atoms with Crippen LogP contribution in [0.25, 0.3) is 0 Å². The van der Waals surface area contributed by atoms with E-state index in [2.05, 4.69) is 33.6 Å². The van der Waals surface area contributed by atoms with Crippen LogP contribution in [0.5, 0.6) is 0 Å². The van der Waals surface area contributed by atoms with Crippen LogP contribution >= 0.6 is 69.7 Å². The number of thioether (sulfide) groups is 4. The third kappa shape index (κ3) is 17.7. The summed E-state index contributed by atoms with van der Waals surface area (Å²) in [5, 5.41) is 18.1. The monoisotopic (exact) mass is 624 g/mol. The molecule has 0 atom stereocenters. The van der Waals surface area contributed by atoms with Crippen molar-refractivity contribution in [3.05, 3.63) is 25.7 Å². The molecule has 8 nitrogen and oxygen atoms in total. The fourth-order valence-corrected chi connectivity index (χ4v) is 9.39. The van der Waals surface area contributed by atoms with Crippen LogP contribution in [0, 0.1) is 0 Å². The normalized spacial score (nSPS) is 11.0. The largest absolute Gasteiger partial charge is 0.476 e. The molecule has 2 heterocycles. The van der Waals surface area contributed by atoms with E-state index in [9.17, 15) is 0 Å². The molecule has 0 unspecified atom stereocenters. The molecule has 2 aromatic heterocycles. The zero-order chi connectivity index (χ0) is 26.2. The summed E-state index contributed by atoms with van der Waals surface area (Å²) in [6.07, 6.45) is 12.0. The van der Waals surface area contributed by atoms with E-state index in [1.165, 1.54) is 38.2 Å². The van der Waals surface area contributed by atoms with Crippen LogP contribution in [0.4, 0.5) is 0 Å². The van der Waals surface area contributed by atoms with Crippen molar-refractivity contribution in [3.63, 3.8) is 0 Å². The van der Waals surface area contributed by atoms with Crippen molar-refractivity contribution in [1.82, 2.24) is 20.4 Å². The van der Waals surface area contributed by atoms with Crippen molar-refractivity contribution < 1.29 is 18.9 Å². The van der Waals surface area contributed by atoms with Gasteiger partial charge >= 0.3 is 0 Å². The highest BCUT2D eigenvalue weighted by atomic mass is 32.2. The highest BCUT2D eigenvalue weighted by Crippen LogP contribution is 2.35. The van der Waals surface area contributed by atoms with Crippen molar-refractivity contribution in [2.45, 2.75) is 68.7 Å². The highest BCUT2D eigenvalue weighted by molar-refractivity contribution is 8.17. The molecule has 2 aromatic rings. The summed E-state index contributed by atoms with van der Waals surface area (Å²) in [7, 11) is 0. The average Bonchev–Trinajstić information content (AvgIpc) is 3.56. The quantitative estimate of drug-likeness (QED) is 0.0443. The molecular weight excluding hydrogens is 589 g/mol. The lowest BCUT2D eigenvalue weighted by molar-refractivity contribution is -0.0124. The van der Waals surface area contributed by atoms with Crippen LogP contribution in [0.15, 0.2) is 43.0 Å². The fraction of sp³-hybridized carbons (Fsp3) is 0.652. The minimum atomic E-state index is 0.294. The van der Waals surface area contributed by atoms with Crippen molar-refractivity contribution in [3.8, 4) is 0 Å². The predicted octanol–water partition coefficient (Wildman–Crippen LogP) is 7.80. The summed E-state index contributed by atoms with van der Waals surface area (Å²) >= 11 is 10.3. The van der Waals surface area contributed by atoms with Crippen molar-refractivity contribution in [1.29, 1.82) is 0 Å². The maximum absolute atomic E-state index is 5.32. The first-order valence-electron chi connectivity index (χ1n) is 12.1. The first kappa shape index (κ1) is 32.7. The lowest BCUT2D eigenvalue weighted by Crippen LogP contribution is -1.97. The Hall–Kier alpha value is -0.480. The van der Waals surface area contributed by atoms with Gasteiger partial charge in [-0.2, -0.15) is 0 Å². The Morgan fingerprint density at radius 3 is 1.41 bits per heavy atom. The number of ether oxygens (including phenoxy) is 4. The Morgan fingerprint density at radius 1 is 0.568 bits per heavy atom. The van der Waals surface area contributed by atoms with Gasteiger partial charge in [0.25, 0.3) is 0 Å². The molecule has 0 fully saturated rings. The zero-order valence-corrected chi connectivity index (χ0v) is 25.9. The Kier molecular flexibility index (Phi) is 20.7. The summed E-state index contributed by atoms with van der Waals surface area (Å²) in [4.78, 5) is 0. The number of rotatable bonds is 26. The van der Waals surface area contributed by atoms with E-state index < -0.39 is 0 Å². The second-order valence-corrected chi connectivity index (χ2v) is 14.8. The van der Waals surface area contributed by atoms with Gasteiger partial charge in [0.05, 0.1) is 30.8 Å². The molecule has 0 N–H and O–H groups in total. The van der Waals surface area contributed by atoms with Gasteiger partial charge in [-0.3, -0.25) is 0 Å². The van der Waals surface area contributed by atoms with E-state index in [1.807, 2.05) is 0 Å². The van der Waals surface area contributed by atoms with E-state index in [-0.39, 0.29) is 0 Å². The van der Waals surface area contributed by atoms with Gasteiger partial charge in [-0.15, -0.1) is 20.4 Å². The number of unbranched alkanes of at least 4 members (excludes halogenated alkanes) is 6. The summed E-state index contributed by atoms with van der Waals surface area (Å²) in [6.45, 7) is 9.01. The fourth-order valence-electron chi connectivity index (χ4n) is 2.71. The Labute approximate surface area is 245 Å². The van der Waals surface area contributed by atoms with Gasteiger partial charge in [0.15, 0.2) is 30.9 Å². The van der Waals surface area contributed by atoms with E-state index in [1.54, 1.807) is 69.7 Å². The van der Waals surface area contributed by atoms with Gasteiger partial charge in [0, 0.05) is 11.5 Å². The number of aromatic nitrogens is 4. The first-order valence-corrected chi connectivity index (χ1v) is 17.7. The van der Waals surface area contributed by atoms with Crippen LogP contribution in [0.1, 0.15) is 51.4 Å². The molecule has 2 rings (SSSR count). The standard InChI is InChI=1S/C23H36N4O4S6/c1-3-28-17-30-13-9-5-7-11-15-32-20-24-26-22(36-20)34-19-35-23-27-25-21(37-23)33-16-12-8-6-10-14-31-18-29-4-2/h3-4H,1-2,5-19H2. The molecule has 208 valence electrons. The Morgan fingerprint density at radius 2 is 0.973 bits per heavy atom. The highest BCUT2D eigenvalue weighted by Gasteiger charge is 2.09. The SMILES string of the molecule is C=COCOCCCCCCSc1nnc(SCSc2nnc(SCCCCCCOCOC=C)s2)s1. The van der Waals surface area contributed by atoms with Gasteiger partial charge in [-0.25, -0.2) is 0 Å². The molecule has 0 aromatic carbocycles. The minimum absolute atomic E-state index is 0.294. The van der Waals surface area contributed by atoms with Gasteiger partial charge in [0.1, 0.15) is 0 Å². The van der Waals surface area contributed by atoms with Crippen LogP contribution in [-0.2, 0) is 18.9 Å². The third-order valence-corrected chi connectivity index (χ3v) is 11.2. The van der Waals surface area contributed by atoms with Crippen molar-refractivity contribution in [2.75, 3.05) is 43.4 Å². The Bertz CT molecular complexity index is 776.